The van der Waals surface area contributed by atoms with Crippen molar-refractivity contribution in [3.63, 3.8) is 0 Å². The van der Waals surface area contributed by atoms with E-state index in [9.17, 15) is 9.59 Å². The second kappa shape index (κ2) is 9.26. The van der Waals surface area contributed by atoms with Gasteiger partial charge in [-0.05, 0) is 68.2 Å². The summed E-state index contributed by atoms with van der Waals surface area (Å²) in [6.45, 7) is 3.38. The maximum atomic E-state index is 13.5. The lowest BCUT2D eigenvalue weighted by Crippen LogP contribution is -2.49. The lowest BCUT2D eigenvalue weighted by atomic mass is 10.00. The van der Waals surface area contributed by atoms with Crippen LogP contribution in [0.25, 0.3) is 0 Å². The zero-order valence-corrected chi connectivity index (χ0v) is 19.6. The van der Waals surface area contributed by atoms with Crippen molar-refractivity contribution in [1.29, 1.82) is 0 Å². The smallest absolute Gasteiger partial charge is 0.242 e. The molecule has 170 valence electrons. The number of rotatable bonds is 7. The van der Waals surface area contributed by atoms with Gasteiger partial charge in [-0.25, -0.2) is 0 Å². The van der Waals surface area contributed by atoms with Crippen LogP contribution < -0.4 is 4.74 Å². The molecule has 1 atom stereocenters. The fourth-order valence-electron chi connectivity index (χ4n) is 5.10. The lowest BCUT2D eigenvalue weighted by molar-refractivity contribution is -0.145. The summed E-state index contributed by atoms with van der Waals surface area (Å²) >= 11 is 1.76. The molecule has 2 heterocycles. The fourth-order valence-corrected chi connectivity index (χ4v) is 6.03. The highest BCUT2D eigenvalue weighted by Gasteiger charge is 2.40. The third-order valence-corrected chi connectivity index (χ3v) is 8.12. The first-order valence-electron chi connectivity index (χ1n) is 12.0. The molecule has 5 rings (SSSR count). The summed E-state index contributed by atoms with van der Waals surface area (Å²) < 4.78 is 6.13. The van der Waals surface area contributed by atoms with Gasteiger partial charge in [-0.1, -0.05) is 30.5 Å². The van der Waals surface area contributed by atoms with Gasteiger partial charge in [-0.15, -0.1) is 11.3 Å². The van der Waals surface area contributed by atoms with Crippen LogP contribution in [0.1, 0.15) is 60.6 Å². The Morgan fingerprint density at radius 2 is 1.84 bits per heavy atom. The van der Waals surface area contributed by atoms with Crippen molar-refractivity contribution >= 4 is 23.2 Å². The van der Waals surface area contributed by atoms with E-state index in [2.05, 4.69) is 18.4 Å². The summed E-state index contributed by atoms with van der Waals surface area (Å²) in [4.78, 5) is 31.9. The van der Waals surface area contributed by atoms with Gasteiger partial charge in [-0.2, -0.15) is 0 Å². The van der Waals surface area contributed by atoms with E-state index >= 15 is 0 Å². The first-order chi connectivity index (χ1) is 15.6. The van der Waals surface area contributed by atoms with E-state index in [-0.39, 0.29) is 36.4 Å². The van der Waals surface area contributed by atoms with Crippen LogP contribution >= 0.6 is 11.3 Å². The molecule has 2 aliphatic carbocycles. The van der Waals surface area contributed by atoms with Crippen LogP contribution in [0.5, 0.6) is 5.75 Å². The molecule has 0 radical (unpaired) electrons. The molecule has 5 nitrogen and oxygen atoms in total. The van der Waals surface area contributed by atoms with Crippen molar-refractivity contribution in [2.45, 2.75) is 64.0 Å². The predicted octanol–water partition coefficient (Wildman–Crippen LogP) is 4.74. The van der Waals surface area contributed by atoms with Crippen LogP contribution in [-0.2, 0) is 16.0 Å². The second-order valence-corrected chi connectivity index (χ2v) is 10.5. The maximum Gasteiger partial charge on any atom is 0.242 e. The van der Waals surface area contributed by atoms with Crippen LogP contribution in [-0.4, -0.2) is 47.4 Å². The topological polar surface area (TPSA) is 49.9 Å². The number of nitrogens with zero attached hydrogens (tertiary/aromatic N) is 2. The highest BCUT2D eigenvalue weighted by molar-refractivity contribution is 7.10. The summed E-state index contributed by atoms with van der Waals surface area (Å²) in [5, 5.41) is 2.11. The van der Waals surface area contributed by atoms with E-state index in [0.717, 1.165) is 50.7 Å². The first-order valence-corrected chi connectivity index (χ1v) is 12.8. The highest BCUT2D eigenvalue weighted by Crippen LogP contribution is 2.36. The monoisotopic (exact) mass is 452 g/mol. The molecule has 0 saturated heterocycles. The molecular weight excluding hydrogens is 420 g/mol. The molecule has 2 amide bonds. The van der Waals surface area contributed by atoms with Crippen LogP contribution in [0.3, 0.4) is 0 Å². The highest BCUT2D eigenvalue weighted by atomic mass is 32.1. The molecule has 0 N–H and O–H groups in total. The van der Waals surface area contributed by atoms with Gasteiger partial charge in [0, 0.05) is 23.4 Å². The zero-order valence-electron chi connectivity index (χ0n) is 18.8. The number of ether oxygens (including phenoxy) is 1. The second-order valence-electron chi connectivity index (χ2n) is 9.45. The number of aryl methyl sites for hydroxylation is 1. The third kappa shape index (κ3) is 4.56. The molecule has 6 heteroatoms. The Bertz CT molecular complexity index is 960. The standard InChI is InChI=1S/C26H32N2O3S/c1-18-6-10-21(11-7-18)31-17-23-22-13-15-32-24(22)12-14-27(23)25(29)16-28(20-8-9-20)26(30)19-4-2-3-5-19/h6-7,10-11,13,15,19-20,23H,2-5,8-9,12,14,16-17H2,1H3/t23-/m0/s1. The van der Waals surface area contributed by atoms with Gasteiger partial charge in [0.2, 0.25) is 11.8 Å². The number of fused-ring (bicyclic) bond motifs is 1. The molecule has 1 aliphatic heterocycles. The minimum absolute atomic E-state index is 0.0533. The molecule has 0 bridgehead atoms. The largest absolute Gasteiger partial charge is 0.491 e. The number of hydrogen-bond donors (Lipinski definition) is 0. The molecule has 32 heavy (non-hydrogen) atoms. The summed E-state index contributed by atoms with van der Waals surface area (Å²) in [5.41, 5.74) is 2.39. The molecule has 2 aromatic rings. The van der Waals surface area contributed by atoms with Gasteiger partial charge in [0.15, 0.2) is 0 Å². The normalized spacial score (nSPS) is 20.8. The van der Waals surface area contributed by atoms with Crippen molar-refractivity contribution in [2.75, 3.05) is 19.7 Å². The number of hydrogen-bond acceptors (Lipinski definition) is 4. The van der Waals surface area contributed by atoms with Crippen molar-refractivity contribution in [3.8, 4) is 5.75 Å². The molecular formula is C26H32N2O3S. The number of amides is 2. The van der Waals surface area contributed by atoms with E-state index in [1.165, 1.54) is 16.0 Å². The summed E-state index contributed by atoms with van der Waals surface area (Å²) in [6.07, 6.45) is 7.15. The van der Waals surface area contributed by atoms with E-state index in [1.807, 2.05) is 34.1 Å². The Balaban J connectivity index is 1.31. The van der Waals surface area contributed by atoms with Crippen LogP contribution in [0.15, 0.2) is 35.7 Å². The summed E-state index contributed by atoms with van der Waals surface area (Å²) in [7, 11) is 0. The minimum atomic E-state index is -0.110. The van der Waals surface area contributed by atoms with Crippen LogP contribution in [0.4, 0.5) is 0 Å². The van der Waals surface area contributed by atoms with Crippen molar-refractivity contribution in [3.05, 3.63) is 51.7 Å². The fraction of sp³-hybridized carbons (Fsp3) is 0.538. The van der Waals surface area contributed by atoms with E-state index < -0.39 is 0 Å². The number of carbonyl (C=O) groups excluding carboxylic acids is 2. The Kier molecular flexibility index (Phi) is 6.22. The van der Waals surface area contributed by atoms with Crippen molar-refractivity contribution in [2.24, 2.45) is 5.92 Å². The maximum absolute atomic E-state index is 13.5. The Hall–Kier alpha value is -2.34. The van der Waals surface area contributed by atoms with E-state index in [4.69, 9.17) is 4.74 Å². The number of benzene rings is 1. The lowest BCUT2D eigenvalue weighted by Gasteiger charge is -2.37. The molecule has 0 unspecified atom stereocenters. The quantitative estimate of drug-likeness (QED) is 0.610. The average molecular weight is 453 g/mol. The number of thiophene rings is 1. The average Bonchev–Trinajstić information content (AvgIpc) is 3.28. The Morgan fingerprint density at radius 3 is 2.56 bits per heavy atom. The third-order valence-electron chi connectivity index (χ3n) is 7.12. The Labute approximate surface area is 194 Å². The summed E-state index contributed by atoms with van der Waals surface area (Å²) in [5.74, 6) is 1.20. The molecule has 2 fully saturated rings. The SMILES string of the molecule is Cc1ccc(OC[C@H]2c3ccsc3CCN2C(=O)CN(C(=O)C2CCCC2)C2CC2)cc1. The van der Waals surface area contributed by atoms with Gasteiger partial charge in [0.25, 0.3) is 0 Å². The summed E-state index contributed by atoms with van der Waals surface area (Å²) in [6, 6.07) is 10.3. The molecule has 1 aromatic carbocycles. The van der Waals surface area contributed by atoms with Gasteiger partial charge in [-0.3, -0.25) is 9.59 Å². The van der Waals surface area contributed by atoms with Crippen molar-refractivity contribution in [1.82, 2.24) is 9.80 Å². The molecule has 3 aliphatic rings. The minimum Gasteiger partial charge on any atom is -0.491 e. The van der Waals surface area contributed by atoms with Gasteiger partial charge >= 0.3 is 0 Å². The number of carbonyl (C=O) groups is 2. The van der Waals surface area contributed by atoms with Gasteiger partial charge in [0.05, 0.1) is 6.04 Å². The van der Waals surface area contributed by atoms with Gasteiger partial charge < -0.3 is 14.5 Å². The van der Waals surface area contributed by atoms with Crippen LogP contribution in [0, 0.1) is 12.8 Å². The van der Waals surface area contributed by atoms with Crippen LogP contribution in [0.2, 0.25) is 0 Å². The molecule has 2 saturated carbocycles. The zero-order chi connectivity index (χ0) is 22.1. The van der Waals surface area contributed by atoms with E-state index in [1.54, 1.807) is 11.3 Å². The van der Waals surface area contributed by atoms with Gasteiger partial charge in [0.1, 0.15) is 18.9 Å². The molecule has 1 aromatic heterocycles. The predicted molar refractivity (Wildman–Crippen MR) is 126 cm³/mol. The van der Waals surface area contributed by atoms with Crippen molar-refractivity contribution < 1.29 is 14.3 Å². The first kappa shape index (κ1) is 21.5. The molecule has 0 spiro atoms. The Morgan fingerprint density at radius 1 is 1.09 bits per heavy atom. The van der Waals surface area contributed by atoms with E-state index in [0.29, 0.717) is 13.2 Å².